The molecule has 0 spiro atoms. The van der Waals surface area contributed by atoms with E-state index in [9.17, 15) is 13.6 Å². The Kier molecular flexibility index (Phi) is 4.46. The lowest BCUT2D eigenvalue weighted by Crippen LogP contribution is -2.43. The summed E-state index contributed by atoms with van der Waals surface area (Å²) in [6, 6.07) is -0.0455. The minimum Gasteiger partial charge on any atom is -0.352 e. The number of nitrogens with one attached hydrogen (secondary N) is 1. The Morgan fingerprint density at radius 2 is 1.89 bits per heavy atom. The normalized spacial score (nSPS) is 36.1. The van der Waals surface area contributed by atoms with Crippen LogP contribution in [0.15, 0.2) is 0 Å². The number of alkyl halides is 3. The smallest absolute Gasteiger partial charge is 0.248 e. The largest absolute Gasteiger partial charge is 0.352 e. The lowest BCUT2D eigenvalue weighted by Gasteiger charge is -2.23. The molecule has 1 N–H and O–H groups in total. The number of amides is 1. The molecule has 0 bridgehead atoms. The van der Waals surface area contributed by atoms with Crippen LogP contribution in [0.25, 0.3) is 0 Å². The number of hydrogen-bond donors (Lipinski definition) is 1. The Hall–Kier alpha value is -0.380. The number of halogens is 3. The monoisotopic (exact) mass is 279 g/mol. The molecule has 0 aromatic heterocycles. The number of carbonyl (C=O) groups excluding carboxylic acids is 1. The molecule has 2 fully saturated rings. The van der Waals surface area contributed by atoms with Crippen molar-refractivity contribution in [1.29, 1.82) is 0 Å². The van der Waals surface area contributed by atoms with E-state index in [2.05, 4.69) is 5.32 Å². The van der Waals surface area contributed by atoms with Crippen molar-refractivity contribution in [2.45, 2.75) is 68.7 Å². The van der Waals surface area contributed by atoms with Crippen LogP contribution in [0.5, 0.6) is 0 Å². The van der Waals surface area contributed by atoms with Gasteiger partial charge in [0.1, 0.15) is 0 Å². The molecule has 0 saturated heterocycles. The molecule has 5 heteroatoms. The summed E-state index contributed by atoms with van der Waals surface area (Å²) in [5, 5.41) is 2.83. The highest BCUT2D eigenvalue weighted by molar-refractivity contribution is 6.21. The van der Waals surface area contributed by atoms with Crippen LogP contribution < -0.4 is 5.32 Å². The third-order valence-electron chi connectivity index (χ3n) is 4.03. The third kappa shape index (κ3) is 3.56. The Labute approximate surface area is 111 Å². The first-order valence-electron chi connectivity index (χ1n) is 6.80. The molecule has 3 atom stereocenters. The molecular weight excluding hydrogens is 260 g/mol. The minimum atomic E-state index is -2.66. The molecule has 2 saturated carbocycles. The average molecular weight is 280 g/mol. The highest BCUT2D eigenvalue weighted by Crippen LogP contribution is 2.39. The van der Waals surface area contributed by atoms with Crippen LogP contribution in [0.2, 0.25) is 0 Å². The fraction of sp³-hybridized carbons (Fsp3) is 0.923. The molecule has 2 nitrogen and oxygen atoms in total. The molecule has 0 radical (unpaired) electrons. The van der Waals surface area contributed by atoms with Crippen molar-refractivity contribution in [3.05, 3.63) is 0 Å². The highest BCUT2D eigenvalue weighted by Gasteiger charge is 2.43. The van der Waals surface area contributed by atoms with E-state index in [1.54, 1.807) is 0 Å². The first-order valence-corrected chi connectivity index (χ1v) is 7.24. The Bertz CT molecular complexity index is 311. The van der Waals surface area contributed by atoms with Crippen LogP contribution in [-0.4, -0.2) is 23.2 Å². The molecule has 1 amide bonds. The summed E-state index contributed by atoms with van der Waals surface area (Å²) < 4.78 is 26.1. The highest BCUT2D eigenvalue weighted by atomic mass is 35.5. The zero-order valence-electron chi connectivity index (χ0n) is 10.4. The van der Waals surface area contributed by atoms with Crippen LogP contribution >= 0.6 is 11.6 Å². The second kappa shape index (κ2) is 5.72. The van der Waals surface area contributed by atoms with Gasteiger partial charge in [-0.2, -0.15) is 0 Å². The molecular formula is C13H20ClF2NO. The third-order valence-corrected chi connectivity index (χ3v) is 4.56. The molecule has 104 valence electrons. The Balaban J connectivity index is 1.86. The second-order valence-electron chi connectivity index (χ2n) is 5.56. The van der Waals surface area contributed by atoms with Crippen LogP contribution in [0.3, 0.4) is 0 Å². The van der Waals surface area contributed by atoms with Crippen molar-refractivity contribution >= 4 is 17.5 Å². The SMILES string of the molecule is O=C(NC1CCCCCC1Cl)C1CCC(F)(F)C1. The molecule has 2 rings (SSSR count). The van der Waals surface area contributed by atoms with Gasteiger partial charge >= 0.3 is 0 Å². The van der Waals surface area contributed by atoms with E-state index in [1.165, 1.54) is 0 Å². The zero-order valence-corrected chi connectivity index (χ0v) is 11.2. The summed E-state index contributed by atoms with van der Waals surface area (Å²) >= 11 is 6.23. The topological polar surface area (TPSA) is 29.1 Å². The Morgan fingerprint density at radius 3 is 2.56 bits per heavy atom. The molecule has 18 heavy (non-hydrogen) atoms. The van der Waals surface area contributed by atoms with Gasteiger partial charge in [0.05, 0.1) is 5.38 Å². The summed E-state index contributed by atoms with van der Waals surface area (Å²) in [6.07, 6.45) is 4.85. The minimum absolute atomic E-state index is 0.0455. The van der Waals surface area contributed by atoms with Crippen molar-refractivity contribution in [3.63, 3.8) is 0 Å². The van der Waals surface area contributed by atoms with E-state index < -0.39 is 11.8 Å². The van der Waals surface area contributed by atoms with Crippen LogP contribution in [0, 0.1) is 5.92 Å². The zero-order chi connectivity index (χ0) is 13.2. The number of rotatable bonds is 2. The van der Waals surface area contributed by atoms with E-state index in [-0.39, 0.29) is 30.2 Å². The summed E-state index contributed by atoms with van der Waals surface area (Å²) in [7, 11) is 0. The quantitative estimate of drug-likeness (QED) is 0.608. The average Bonchev–Trinajstić information content (AvgIpc) is 2.55. The van der Waals surface area contributed by atoms with E-state index in [1.807, 2.05) is 0 Å². The van der Waals surface area contributed by atoms with Gasteiger partial charge in [0, 0.05) is 24.8 Å². The molecule has 3 unspecified atom stereocenters. The molecule has 0 heterocycles. The molecule has 0 aromatic rings. The lowest BCUT2D eigenvalue weighted by atomic mass is 10.0. The summed E-state index contributed by atoms with van der Waals surface area (Å²) in [4.78, 5) is 12.0. The van der Waals surface area contributed by atoms with Crippen molar-refractivity contribution in [2.24, 2.45) is 5.92 Å². The molecule has 0 aromatic carbocycles. The maximum atomic E-state index is 13.1. The molecule has 2 aliphatic carbocycles. The lowest BCUT2D eigenvalue weighted by molar-refractivity contribution is -0.126. The van der Waals surface area contributed by atoms with Gasteiger partial charge < -0.3 is 5.32 Å². The van der Waals surface area contributed by atoms with Crippen LogP contribution in [0.4, 0.5) is 8.78 Å². The maximum absolute atomic E-state index is 13.1. The van der Waals surface area contributed by atoms with Gasteiger partial charge in [-0.15, -0.1) is 11.6 Å². The van der Waals surface area contributed by atoms with Gasteiger partial charge in [0.2, 0.25) is 11.8 Å². The standard InChI is InChI=1S/C13H20ClF2NO/c14-10-4-2-1-3-5-11(10)17-12(18)9-6-7-13(15,16)8-9/h9-11H,1-8H2,(H,17,18). The second-order valence-corrected chi connectivity index (χ2v) is 6.13. The van der Waals surface area contributed by atoms with Crippen molar-refractivity contribution in [1.82, 2.24) is 5.32 Å². The van der Waals surface area contributed by atoms with Gasteiger partial charge in [-0.05, 0) is 19.3 Å². The predicted molar refractivity (Wildman–Crippen MR) is 66.9 cm³/mol. The van der Waals surface area contributed by atoms with Gasteiger partial charge in [0.15, 0.2) is 0 Å². The van der Waals surface area contributed by atoms with Crippen molar-refractivity contribution < 1.29 is 13.6 Å². The van der Waals surface area contributed by atoms with Gasteiger partial charge in [-0.25, -0.2) is 8.78 Å². The fourth-order valence-corrected chi connectivity index (χ4v) is 3.24. The van der Waals surface area contributed by atoms with E-state index in [0.29, 0.717) is 6.42 Å². The predicted octanol–water partition coefficient (Wildman–Crippen LogP) is 3.48. The number of carbonyl (C=O) groups is 1. The van der Waals surface area contributed by atoms with Crippen molar-refractivity contribution in [3.8, 4) is 0 Å². The fourth-order valence-electron chi connectivity index (χ4n) is 2.90. The van der Waals surface area contributed by atoms with Crippen LogP contribution in [0.1, 0.15) is 51.4 Å². The molecule has 0 aliphatic heterocycles. The van der Waals surface area contributed by atoms with Gasteiger partial charge in [-0.3, -0.25) is 4.79 Å². The Morgan fingerprint density at radius 1 is 1.17 bits per heavy atom. The first kappa shape index (κ1) is 14.0. The summed E-state index contributed by atoms with van der Waals surface area (Å²) in [5.41, 5.74) is 0. The maximum Gasteiger partial charge on any atom is 0.248 e. The molecule has 2 aliphatic rings. The van der Waals surface area contributed by atoms with Crippen molar-refractivity contribution in [2.75, 3.05) is 0 Å². The van der Waals surface area contributed by atoms with Gasteiger partial charge in [0.25, 0.3) is 0 Å². The summed E-state index contributed by atoms with van der Waals surface area (Å²) in [5.74, 6) is -3.43. The number of hydrogen-bond acceptors (Lipinski definition) is 1. The summed E-state index contributed by atoms with van der Waals surface area (Å²) in [6.45, 7) is 0. The van der Waals surface area contributed by atoms with Crippen LogP contribution in [-0.2, 0) is 4.79 Å². The van der Waals surface area contributed by atoms with Gasteiger partial charge in [-0.1, -0.05) is 19.3 Å². The van der Waals surface area contributed by atoms with E-state index >= 15 is 0 Å². The van der Waals surface area contributed by atoms with E-state index in [4.69, 9.17) is 11.6 Å². The first-order chi connectivity index (χ1) is 8.48. The van der Waals surface area contributed by atoms with E-state index in [0.717, 1.165) is 32.1 Å².